The molecule has 8 aromatic rings. The molecule has 23 nitrogen and oxygen atoms in total. The van der Waals surface area contributed by atoms with E-state index in [2.05, 4.69) is 79.3 Å². The molecule has 0 aromatic heterocycles. The summed E-state index contributed by atoms with van der Waals surface area (Å²) in [6, 6.07) is 53.3. The van der Waals surface area contributed by atoms with Crippen molar-refractivity contribution >= 4 is 105 Å². The normalized spacial score (nSPS) is 14.1. The molecule has 4 aliphatic heterocycles. The highest BCUT2D eigenvalue weighted by Crippen LogP contribution is 2.35. The molecule has 0 spiro atoms. The van der Waals surface area contributed by atoms with E-state index in [-0.39, 0.29) is 65.8 Å². The number of unbranched alkanes of at least 4 members (excludes halogenated alkanes) is 7. The molecule has 2 atom stereocenters. The van der Waals surface area contributed by atoms with E-state index in [1.807, 2.05) is 126 Å². The predicted molar refractivity (Wildman–Crippen MR) is 466 cm³/mol. The van der Waals surface area contributed by atoms with E-state index in [1.54, 1.807) is 86.6 Å². The molecule has 0 aliphatic carbocycles. The second kappa shape index (κ2) is 43.7. The van der Waals surface area contributed by atoms with E-state index >= 15 is 0 Å². The Morgan fingerprint density at radius 1 is 0.555 bits per heavy atom. The molecule has 2 fully saturated rings. The van der Waals surface area contributed by atoms with Crippen LogP contribution < -0.4 is 24.2 Å². The van der Waals surface area contributed by atoms with Crippen LogP contribution in [-0.2, 0) is 76.4 Å². The van der Waals surface area contributed by atoms with E-state index < -0.39 is 41.8 Å². The lowest BCUT2D eigenvalue weighted by Gasteiger charge is -2.28. The first-order valence-electron chi connectivity index (χ1n) is 39.3. The average Bonchev–Trinajstić information content (AvgIpc) is 1.62. The van der Waals surface area contributed by atoms with Gasteiger partial charge in [0.25, 0.3) is 23.6 Å². The van der Waals surface area contributed by atoms with Gasteiger partial charge in [0, 0.05) is 41.1 Å². The Balaban J connectivity index is 0.000000195. The molecule has 620 valence electrons. The number of esters is 1. The smallest absolute Gasteiger partial charge is 0.367 e. The highest BCUT2D eigenvalue weighted by molar-refractivity contribution is 7.95. The summed E-state index contributed by atoms with van der Waals surface area (Å²) in [4.78, 5) is 119. The number of ketones is 2. The number of benzene rings is 8. The molecule has 0 radical (unpaired) electrons. The van der Waals surface area contributed by atoms with Crippen LogP contribution in [0, 0.1) is 41.5 Å². The maximum atomic E-state index is 13.4. The molecule has 0 bridgehead atoms. The third-order valence-corrected chi connectivity index (χ3v) is 20.4. The summed E-state index contributed by atoms with van der Waals surface area (Å²) in [7, 11) is 1.40. The maximum absolute atomic E-state index is 13.4. The van der Waals surface area contributed by atoms with Gasteiger partial charge in [0.2, 0.25) is 0 Å². The Morgan fingerprint density at radius 2 is 1.08 bits per heavy atom. The SMILES string of the molecule is C=C1C(=O)N(CCC(=O)OCCCCCCCCCC)N(CCc2ccc(C)cc2C)C1=O.C=C1C(=O)N(c2cccc(CC(=O)C(C)Oc3ccc(C)cc3C)c2)N(c2cccc(CC(=O)C(C)Oc3ccc(C)cc3C)c2)C1=O.C=C1C(=O)ON=C1c1ccccc1NSOOC.C=C1N=C(c2ccccc2)N=C1c1cc(Cl)ccc1O. The Bertz CT molecular complexity index is 5100. The van der Waals surface area contributed by atoms with Crippen molar-refractivity contribution in [1.82, 2.24) is 10.0 Å². The molecule has 2 unspecified atom stereocenters. The summed E-state index contributed by atoms with van der Waals surface area (Å²) >= 11 is 6.86. The number of nitrogens with zero attached hydrogens (tertiary/aromatic N) is 7. The molecule has 25 heteroatoms. The van der Waals surface area contributed by atoms with Crippen molar-refractivity contribution in [1.29, 1.82) is 0 Å². The molecule has 2 saturated heterocycles. The molecule has 4 heterocycles. The number of nitrogens with one attached hydrogen (secondary N) is 1. The Labute approximate surface area is 704 Å². The minimum atomic E-state index is -0.694. The lowest BCUT2D eigenvalue weighted by Crippen LogP contribution is -2.43. The van der Waals surface area contributed by atoms with Gasteiger partial charge >= 0.3 is 11.9 Å². The number of para-hydroxylation sites is 1. The van der Waals surface area contributed by atoms with Gasteiger partial charge in [-0.2, -0.15) is 0 Å². The number of hydrogen-bond acceptors (Lipinski definition) is 20. The zero-order valence-corrected chi connectivity index (χ0v) is 70.5. The molecule has 12 rings (SSSR count). The van der Waals surface area contributed by atoms with Crippen molar-refractivity contribution in [2.24, 2.45) is 15.1 Å². The monoisotopic (exact) mass is 1650 g/mol. The van der Waals surface area contributed by atoms with Crippen LogP contribution in [0.2, 0.25) is 5.02 Å². The Kier molecular flexibility index (Phi) is 33.3. The van der Waals surface area contributed by atoms with Crippen LogP contribution in [0.5, 0.6) is 17.2 Å². The van der Waals surface area contributed by atoms with Gasteiger partial charge in [0.05, 0.1) is 55.0 Å². The quantitative estimate of drug-likeness (QED) is 0.00436. The van der Waals surface area contributed by atoms with Crippen molar-refractivity contribution in [3.05, 3.63) is 296 Å². The summed E-state index contributed by atoms with van der Waals surface area (Å²) < 4.78 is 24.8. The number of amides is 4. The van der Waals surface area contributed by atoms with E-state index in [1.165, 1.54) is 77.3 Å². The third kappa shape index (κ3) is 24.9. The fourth-order valence-electron chi connectivity index (χ4n) is 13.2. The number of Topliss-reactive ketones (excluding diaryl/α,β-unsaturated/α-hetero) is 2. The van der Waals surface area contributed by atoms with Crippen molar-refractivity contribution in [3.63, 3.8) is 0 Å². The number of halogens is 1. The van der Waals surface area contributed by atoms with Gasteiger partial charge in [0.1, 0.15) is 52.0 Å². The number of phenolic OH excluding ortho intramolecular Hbond substituents is 1. The van der Waals surface area contributed by atoms with Crippen LogP contribution in [0.25, 0.3) is 0 Å². The number of ether oxygens (including phenoxy) is 3. The van der Waals surface area contributed by atoms with Crippen LogP contribution >= 0.6 is 23.8 Å². The van der Waals surface area contributed by atoms with Gasteiger partial charge in [-0.05, 0) is 162 Å². The summed E-state index contributed by atoms with van der Waals surface area (Å²) in [5.41, 5.74) is 14.0. The number of rotatable bonds is 34. The number of hydrazine groups is 2. The number of amidine groups is 1. The lowest BCUT2D eigenvalue weighted by atomic mass is 10.0. The predicted octanol–water partition coefficient (Wildman–Crippen LogP) is 17.9. The number of phenols is 1. The fourth-order valence-corrected chi connectivity index (χ4v) is 13.7. The number of oxime groups is 1. The number of aryl methyl sites for hydroxylation is 6. The van der Waals surface area contributed by atoms with E-state index in [0.29, 0.717) is 98.4 Å². The number of hydrogen-bond donors (Lipinski definition) is 2. The molecular formula is C94H101ClN8O15S. The lowest BCUT2D eigenvalue weighted by molar-refractivity contribution is -0.159. The molecule has 2 N–H and O–H groups in total. The fraction of sp³-hybridized carbons (Fsp3) is 0.287. The average molecular weight is 1650 g/mol. The second-order valence-electron chi connectivity index (χ2n) is 29.0. The van der Waals surface area contributed by atoms with Gasteiger partial charge in [-0.3, -0.25) is 33.6 Å². The third-order valence-electron chi connectivity index (χ3n) is 19.7. The number of allylic oxidation sites excluding steroid dienone is 1. The van der Waals surface area contributed by atoms with Gasteiger partial charge in [-0.15, -0.1) is 4.33 Å². The summed E-state index contributed by atoms with van der Waals surface area (Å²) in [6.07, 6.45) is 8.90. The first kappa shape index (κ1) is 90.6. The molecule has 119 heavy (non-hydrogen) atoms. The summed E-state index contributed by atoms with van der Waals surface area (Å²) in [5.74, 6) is -1.13. The molecule has 8 aromatic carbocycles. The Hall–Kier alpha value is -12.4. The first-order valence-corrected chi connectivity index (χ1v) is 40.4. The van der Waals surface area contributed by atoms with Crippen molar-refractivity contribution in [3.8, 4) is 17.2 Å². The van der Waals surface area contributed by atoms with Crippen LogP contribution in [0.3, 0.4) is 0 Å². The number of anilines is 3. The van der Waals surface area contributed by atoms with Gasteiger partial charge in [-0.25, -0.2) is 39.7 Å². The molecule has 4 aliphatic rings. The van der Waals surface area contributed by atoms with Crippen LogP contribution in [0.1, 0.15) is 145 Å². The van der Waals surface area contributed by atoms with Crippen LogP contribution in [0.15, 0.2) is 240 Å². The highest BCUT2D eigenvalue weighted by Gasteiger charge is 2.43. The Morgan fingerprint density at radius 3 is 1.63 bits per heavy atom. The van der Waals surface area contributed by atoms with Crippen LogP contribution in [0.4, 0.5) is 17.1 Å². The van der Waals surface area contributed by atoms with Gasteiger partial charge in [0.15, 0.2) is 29.6 Å². The molecule has 0 saturated carbocycles. The number of carbonyl (C=O) groups excluding carboxylic acids is 8. The number of aliphatic imine (C=N–C) groups is 2. The number of aromatic hydroxyl groups is 1. The number of carbonyl (C=O) groups is 8. The minimum absolute atomic E-state index is 0.0528. The van der Waals surface area contributed by atoms with Crippen LogP contribution in [-0.4, -0.2) is 119 Å². The van der Waals surface area contributed by atoms with Crippen molar-refractivity contribution in [2.45, 2.75) is 152 Å². The van der Waals surface area contributed by atoms with E-state index in [4.69, 9.17) is 25.8 Å². The van der Waals surface area contributed by atoms with Crippen molar-refractivity contribution in [2.75, 3.05) is 41.5 Å². The molecular weight excluding hydrogens is 1550 g/mol. The standard InChI is InChI=1S/C40H40N2O6.C27H40N2O4.C16H11ClN2O.C11H10N2O4S/c1-24-14-16-37(26(3)18-24)47-29(6)35(43)22-31-10-8-12-33(20-31)41-39(45)28(5)40(46)42(41)34-13-9-11-32(21-34)23-36(44)30(7)48-38-17-15-25(2)19-27(38)4;1-5-6-7-8-9-10-11-12-19-33-25(30)16-18-29-27(32)23(4)26(31)28(29)17-15-24-14-13-21(2)20-22(24)3;1-10-15(13-9-12(17)7-8-14(13)20)19-16(18-10)11-5-3-2-4-6-11;1-7-10(12-16-11(7)14)8-5-3-4-6-9(8)13-18-17-15-2/h8-21,29-30H,5,22-23H2,1-4,6-7H3;13-14,20H,4-12,15-19H2,1-3H3;2-9,20H,1H2;3-6,13H,1H2,2H3. The van der Waals surface area contributed by atoms with E-state index in [9.17, 15) is 43.5 Å². The second-order valence-corrected chi connectivity index (χ2v) is 29.9. The first-order chi connectivity index (χ1) is 57.0. The highest BCUT2D eigenvalue weighted by atomic mass is 35.5. The van der Waals surface area contributed by atoms with Crippen molar-refractivity contribution < 1.29 is 71.7 Å². The minimum Gasteiger partial charge on any atom is -0.507 e. The maximum Gasteiger partial charge on any atom is 0.367 e. The summed E-state index contributed by atoms with van der Waals surface area (Å²) in [6.45, 7) is 33.4. The molecule has 4 amide bonds. The zero-order chi connectivity index (χ0) is 86.0. The van der Waals surface area contributed by atoms with Gasteiger partial charge < -0.3 is 28.9 Å². The van der Waals surface area contributed by atoms with Gasteiger partial charge in [-0.1, -0.05) is 227 Å². The van der Waals surface area contributed by atoms with E-state index in [0.717, 1.165) is 64.0 Å². The zero-order valence-electron chi connectivity index (χ0n) is 68.9. The largest absolute Gasteiger partial charge is 0.507 e. The topological polar surface area (TPSA) is 274 Å². The summed E-state index contributed by atoms with van der Waals surface area (Å²) in [5, 5.41) is 19.4.